The first-order valence-electron chi connectivity index (χ1n) is 4.63. The van der Waals surface area contributed by atoms with Crippen molar-refractivity contribution in [2.45, 2.75) is 13.0 Å². The Bertz CT molecular complexity index is 424. The van der Waals surface area contributed by atoms with Crippen LogP contribution in [0.3, 0.4) is 0 Å². The largest absolute Gasteiger partial charge is 0.476 e. The summed E-state index contributed by atoms with van der Waals surface area (Å²) < 4.78 is 1.25. The third-order valence-corrected chi connectivity index (χ3v) is 2.16. The molecule has 7 nitrogen and oxygen atoms in total. The van der Waals surface area contributed by atoms with E-state index in [2.05, 4.69) is 5.10 Å². The third kappa shape index (κ3) is 2.13. The number of aromatic carboxylic acids is 1. The van der Waals surface area contributed by atoms with Crippen molar-refractivity contribution in [3.8, 4) is 0 Å². The predicted molar refractivity (Wildman–Crippen MR) is 57.0 cm³/mol. The molecule has 0 aliphatic carbocycles. The Morgan fingerprint density at radius 2 is 2.12 bits per heavy atom. The summed E-state index contributed by atoms with van der Waals surface area (Å²) in [6.45, 7) is 1.63. The van der Waals surface area contributed by atoms with E-state index in [1.54, 1.807) is 21.0 Å². The quantitative estimate of drug-likeness (QED) is 0.744. The molecule has 88 valence electrons. The molecule has 0 radical (unpaired) electrons. The lowest BCUT2D eigenvalue weighted by Gasteiger charge is -2.16. The Labute approximate surface area is 92.4 Å². The summed E-state index contributed by atoms with van der Waals surface area (Å²) in [5.74, 6) is -1.39. The van der Waals surface area contributed by atoms with Crippen LogP contribution in [0.1, 0.15) is 23.5 Å². The molecule has 0 aliphatic rings. The van der Waals surface area contributed by atoms with Gasteiger partial charge in [0.1, 0.15) is 6.04 Å². The van der Waals surface area contributed by atoms with Crippen molar-refractivity contribution in [1.29, 1.82) is 0 Å². The summed E-state index contributed by atoms with van der Waals surface area (Å²) in [6.07, 6.45) is 1.34. The van der Waals surface area contributed by atoms with E-state index >= 15 is 0 Å². The lowest BCUT2D eigenvalue weighted by molar-refractivity contribution is -0.132. The van der Waals surface area contributed by atoms with Gasteiger partial charge in [0.05, 0.1) is 5.69 Å². The molecule has 0 aromatic carbocycles. The third-order valence-electron chi connectivity index (χ3n) is 2.16. The summed E-state index contributed by atoms with van der Waals surface area (Å²) in [7, 11) is 3.23. The molecule has 1 aromatic rings. The molecule has 7 heteroatoms. The SMILES string of the molecule is CC(C(=O)N(C)C)n1cc(N)c(C(=O)O)n1. The van der Waals surface area contributed by atoms with Crippen LogP contribution >= 0.6 is 0 Å². The van der Waals surface area contributed by atoms with Crippen molar-refractivity contribution < 1.29 is 14.7 Å². The number of amides is 1. The van der Waals surface area contributed by atoms with Crippen LogP contribution in [0.25, 0.3) is 0 Å². The molecule has 1 atom stereocenters. The van der Waals surface area contributed by atoms with Gasteiger partial charge in [0, 0.05) is 20.3 Å². The molecular formula is C9H14N4O3. The Morgan fingerprint density at radius 3 is 2.50 bits per heavy atom. The highest BCUT2D eigenvalue weighted by molar-refractivity contribution is 5.91. The molecule has 3 N–H and O–H groups in total. The molecule has 1 heterocycles. The van der Waals surface area contributed by atoms with Gasteiger partial charge in [-0.15, -0.1) is 0 Å². The number of hydrogen-bond acceptors (Lipinski definition) is 4. The number of nitrogen functional groups attached to an aromatic ring is 1. The summed E-state index contributed by atoms with van der Waals surface area (Å²) >= 11 is 0. The number of carboxylic acids is 1. The van der Waals surface area contributed by atoms with Crippen LogP contribution in [0.2, 0.25) is 0 Å². The van der Waals surface area contributed by atoms with Gasteiger partial charge in [-0.05, 0) is 6.92 Å². The monoisotopic (exact) mass is 226 g/mol. The molecule has 1 rings (SSSR count). The van der Waals surface area contributed by atoms with Gasteiger partial charge in [-0.25, -0.2) is 4.79 Å². The van der Waals surface area contributed by atoms with Gasteiger partial charge in [0.2, 0.25) is 5.91 Å². The lowest BCUT2D eigenvalue weighted by Crippen LogP contribution is -2.30. The molecule has 1 unspecified atom stereocenters. The fraction of sp³-hybridized carbons (Fsp3) is 0.444. The summed E-state index contributed by atoms with van der Waals surface area (Å²) in [5, 5.41) is 12.5. The van der Waals surface area contributed by atoms with Crippen LogP contribution in [-0.2, 0) is 4.79 Å². The smallest absolute Gasteiger partial charge is 0.358 e. The second-order valence-corrected chi connectivity index (χ2v) is 3.63. The minimum atomic E-state index is -1.21. The topological polar surface area (TPSA) is 101 Å². The van der Waals surface area contributed by atoms with E-state index in [4.69, 9.17) is 10.8 Å². The maximum atomic E-state index is 11.6. The molecule has 0 bridgehead atoms. The summed E-state index contributed by atoms with van der Waals surface area (Å²) in [6, 6.07) is -0.578. The van der Waals surface area contributed by atoms with Crippen LogP contribution in [-0.4, -0.2) is 45.8 Å². The fourth-order valence-corrected chi connectivity index (χ4v) is 1.26. The number of hydrogen-bond donors (Lipinski definition) is 2. The van der Waals surface area contributed by atoms with Crippen LogP contribution in [0.4, 0.5) is 5.69 Å². The van der Waals surface area contributed by atoms with Crippen molar-refractivity contribution >= 4 is 17.6 Å². The number of carbonyl (C=O) groups excluding carboxylic acids is 1. The number of anilines is 1. The van der Waals surface area contributed by atoms with Gasteiger partial charge in [-0.1, -0.05) is 0 Å². The van der Waals surface area contributed by atoms with Crippen molar-refractivity contribution in [3.05, 3.63) is 11.9 Å². The highest BCUT2D eigenvalue weighted by atomic mass is 16.4. The van der Waals surface area contributed by atoms with Crippen molar-refractivity contribution in [1.82, 2.24) is 14.7 Å². The molecular weight excluding hydrogens is 212 g/mol. The number of nitrogens with zero attached hydrogens (tertiary/aromatic N) is 3. The number of aromatic nitrogens is 2. The van der Waals surface area contributed by atoms with E-state index in [0.717, 1.165) is 0 Å². The summed E-state index contributed by atoms with van der Waals surface area (Å²) in [4.78, 5) is 23.7. The normalized spacial score (nSPS) is 12.2. The number of carbonyl (C=O) groups is 2. The van der Waals surface area contributed by atoms with Crippen LogP contribution in [0.5, 0.6) is 0 Å². The van der Waals surface area contributed by atoms with Gasteiger partial charge < -0.3 is 15.7 Å². The lowest BCUT2D eigenvalue weighted by atomic mass is 10.3. The second kappa shape index (κ2) is 4.21. The fourth-order valence-electron chi connectivity index (χ4n) is 1.26. The number of rotatable bonds is 3. The van der Waals surface area contributed by atoms with E-state index < -0.39 is 12.0 Å². The molecule has 1 amide bonds. The van der Waals surface area contributed by atoms with Gasteiger partial charge in [-0.3, -0.25) is 9.48 Å². The Morgan fingerprint density at radius 1 is 1.56 bits per heavy atom. The average Bonchev–Trinajstić information content (AvgIpc) is 2.58. The second-order valence-electron chi connectivity index (χ2n) is 3.63. The molecule has 16 heavy (non-hydrogen) atoms. The minimum absolute atomic E-state index is 0.0471. The zero-order valence-electron chi connectivity index (χ0n) is 9.34. The van der Waals surface area contributed by atoms with E-state index in [1.807, 2.05) is 0 Å². The standard InChI is InChI=1S/C9H14N4O3/c1-5(8(14)12(2)3)13-4-6(10)7(11-13)9(15)16/h4-5H,10H2,1-3H3,(H,15,16). The van der Waals surface area contributed by atoms with Gasteiger partial charge >= 0.3 is 5.97 Å². The van der Waals surface area contributed by atoms with Crippen molar-refractivity contribution in [2.24, 2.45) is 0 Å². The predicted octanol–water partition coefficient (Wildman–Crippen LogP) is -0.187. The zero-order chi connectivity index (χ0) is 12.5. The minimum Gasteiger partial charge on any atom is -0.476 e. The van der Waals surface area contributed by atoms with E-state index in [-0.39, 0.29) is 17.3 Å². The number of nitrogens with two attached hydrogens (primary N) is 1. The highest BCUT2D eigenvalue weighted by Gasteiger charge is 2.21. The maximum Gasteiger partial charge on any atom is 0.358 e. The molecule has 0 saturated heterocycles. The average molecular weight is 226 g/mol. The number of carboxylic acid groups (broad SMARTS) is 1. The zero-order valence-corrected chi connectivity index (χ0v) is 9.34. The summed E-state index contributed by atoms with van der Waals surface area (Å²) in [5.41, 5.74) is 5.28. The molecule has 0 saturated carbocycles. The van der Waals surface area contributed by atoms with Gasteiger partial charge in [-0.2, -0.15) is 5.10 Å². The maximum absolute atomic E-state index is 11.6. The Balaban J connectivity index is 3.02. The van der Waals surface area contributed by atoms with E-state index in [0.29, 0.717) is 0 Å². The Hall–Kier alpha value is -2.05. The number of likely N-dealkylation sites (N-methyl/N-ethyl adjacent to an activating group) is 1. The van der Waals surface area contributed by atoms with Crippen molar-refractivity contribution in [2.75, 3.05) is 19.8 Å². The highest BCUT2D eigenvalue weighted by Crippen LogP contribution is 2.14. The molecule has 0 fully saturated rings. The first-order valence-corrected chi connectivity index (χ1v) is 4.63. The van der Waals surface area contributed by atoms with E-state index in [9.17, 15) is 9.59 Å². The van der Waals surface area contributed by atoms with Crippen LogP contribution in [0.15, 0.2) is 6.20 Å². The van der Waals surface area contributed by atoms with Gasteiger partial charge in [0.15, 0.2) is 5.69 Å². The van der Waals surface area contributed by atoms with Crippen LogP contribution in [0, 0.1) is 0 Å². The first-order chi connectivity index (χ1) is 7.34. The molecule has 1 aromatic heterocycles. The van der Waals surface area contributed by atoms with Crippen molar-refractivity contribution in [3.63, 3.8) is 0 Å². The van der Waals surface area contributed by atoms with E-state index in [1.165, 1.54) is 15.8 Å². The van der Waals surface area contributed by atoms with Gasteiger partial charge in [0.25, 0.3) is 0 Å². The Kier molecular flexibility index (Phi) is 3.17. The molecule has 0 spiro atoms. The first kappa shape index (κ1) is 12.0. The van der Waals surface area contributed by atoms with Crippen LogP contribution < -0.4 is 5.73 Å². The molecule has 0 aliphatic heterocycles.